The number of aliphatic hydroxyl groups is 1. The summed E-state index contributed by atoms with van der Waals surface area (Å²) in [4.78, 5) is 2.44. The Hall–Kier alpha value is -2.94. The minimum atomic E-state index is -0.795. The van der Waals surface area contributed by atoms with Gasteiger partial charge in [-0.3, -0.25) is 5.32 Å². The maximum Gasteiger partial charge on any atom is 0.181 e. The molecule has 1 saturated heterocycles. The summed E-state index contributed by atoms with van der Waals surface area (Å²) in [6.45, 7) is 6.56. The van der Waals surface area contributed by atoms with E-state index < -0.39 is 6.35 Å². The van der Waals surface area contributed by atoms with E-state index in [1.807, 2.05) is 36.4 Å². The number of nitrogens with one attached hydrogen (secondary N) is 3. The largest absolute Gasteiger partial charge is 0.493 e. The fourth-order valence-corrected chi connectivity index (χ4v) is 4.63. The molecule has 0 aliphatic carbocycles. The van der Waals surface area contributed by atoms with Gasteiger partial charge in [0.2, 0.25) is 0 Å². The summed E-state index contributed by atoms with van der Waals surface area (Å²) in [5.74, 6) is 2.14. The number of rotatable bonds is 11. The van der Waals surface area contributed by atoms with Crippen LogP contribution in [-0.4, -0.2) is 69.4 Å². The van der Waals surface area contributed by atoms with Crippen LogP contribution >= 0.6 is 0 Å². The second kappa shape index (κ2) is 12.2. The summed E-state index contributed by atoms with van der Waals surface area (Å²) in [5.41, 5.74) is 3.95. The first kappa shape index (κ1) is 25.2. The summed E-state index contributed by atoms with van der Waals surface area (Å²) in [5, 5.41) is 19.9. The van der Waals surface area contributed by atoms with Gasteiger partial charge in [-0.2, -0.15) is 0 Å². The summed E-state index contributed by atoms with van der Waals surface area (Å²) < 4.78 is 17.0. The summed E-state index contributed by atoms with van der Waals surface area (Å²) in [6.07, 6.45) is 5.25. The standard InChI is InChI=1S/C27H38N4O4/c1-19-15-20(23-16-25(33-2)26(34-3)17-24(23)29-19)18-35-22-9-7-21(8-10-22)30-27(32)28-11-14-31-12-5-4-6-13-31/h7-10,15-17,19,27-30,32H,4-6,11-14,18H2,1-3H3/t19?,27-/m1/s1. The fourth-order valence-electron chi connectivity index (χ4n) is 4.63. The predicted octanol–water partition coefficient (Wildman–Crippen LogP) is 3.74. The smallest absolute Gasteiger partial charge is 0.181 e. The van der Waals surface area contributed by atoms with Gasteiger partial charge in [0.1, 0.15) is 12.4 Å². The molecule has 1 fully saturated rings. The highest BCUT2D eigenvalue weighted by atomic mass is 16.5. The molecule has 0 amide bonds. The van der Waals surface area contributed by atoms with Crippen LogP contribution in [0.15, 0.2) is 42.5 Å². The molecule has 0 radical (unpaired) electrons. The van der Waals surface area contributed by atoms with Gasteiger partial charge in [-0.05, 0) is 68.8 Å². The Labute approximate surface area is 208 Å². The molecule has 4 rings (SSSR count). The number of methoxy groups -OCH3 is 2. The normalized spacial score (nSPS) is 18.6. The molecule has 0 bridgehead atoms. The van der Waals surface area contributed by atoms with Gasteiger partial charge in [0, 0.05) is 42.1 Å². The molecule has 8 heteroatoms. The molecule has 2 aromatic carbocycles. The highest BCUT2D eigenvalue weighted by Crippen LogP contribution is 2.39. The van der Waals surface area contributed by atoms with E-state index in [2.05, 4.69) is 33.9 Å². The lowest BCUT2D eigenvalue weighted by Gasteiger charge is -2.27. The average Bonchev–Trinajstić information content (AvgIpc) is 2.88. The van der Waals surface area contributed by atoms with Crippen LogP contribution in [-0.2, 0) is 0 Å². The molecule has 35 heavy (non-hydrogen) atoms. The van der Waals surface area contributed by atoms with E-state index in [9.17, 15) is 5.11 Å². The number of likely N-dealkylation sites (tertiary alicyclic amines) is 1. The topological polar surface area (TPSA) is 87.2 Å². The number of anilines is 2. The Kier molecular flexibility index (Phi) is 8.74. The van der Waals surface area contributed by atoms with Crippen molar-refractivity contribution in [2.75, 3.05) is 57.6 Å². The van der Waals surface area contributed by atoms with Gasteiger partial charge in [-0.25, -0.2) is 0 Å². The molecule has 2 aliphatic rings. The number of nitrogens with zero attached hydrogens (tertiary/aromatic N) is 1. The van der Waals surface area contributed by atoms with Gasteiger partial charge in [0.05, 0.1) is 14.2 Å². The molecule has 1 unspecified atom stereocenters. The van der Waals surface area contributed by atoms with E-state index in [1.54, 1.807) is 14.2 Å². The zero-order valence-corrected chi connectivity index (χ0v) is 21.0. The summed E-state index contributed by atoms with van der Waals surface area (Å²) in [6, 6.07) is 11.7. The number of aliphatic hydroxyl groups excluding tert-OH is 1. The van der Waals surface area contributed by atoms with Crippen molar-refractivity contribution in [3.63, 3.8) is 0 Å². The van der Waals surface area contributed by atoms with Crippen LogP contribution in [0.1, 0.15) is 31.7 Å². The SMILES string of the molecule is COc1cc2c(cc1OC)C(COc1ccc(N[C@H](O)NCCN3CCCCC3)cc1)=CC(C)N2. The third-order valence-corrected chi connectivity index (χ3v) is 6.47. The van der Waals surface area contributed by atoms with E-state index in [0.29, 0.717) is 18.1 Å². The first-order valence-corrected chi connectivity index (χ1v) is 12.4. The van der Waals surface area contributed by atoms with Crippen molar-refractivity contribution in [2.45, 2.75) is 38.6 Å². The van der Waals surface area contributed by atoms with Gasteiger partial charge >= 0.3 is 0 Å². The zero-order valence-electron chi connectivity index (χ0n) is 21.0. The first-order valence-electron chi connectivity index (χ1n) is 12.4. The molecule has 2 aromatic rings. The van der Waals surface area contributed by atoms with Crippen LogP contribution in [0.4, 0.5) is 11.4 Å². The van der Waals surface area contributed by atoms with E-state index in [0.717, 1.165) is 54.4 Å². The lowest BCUT2D eigenvalue weighted by molar-refractivity contribution is 0.152. The molecule has 0 aromatic heterocycles. The molecule has 190 valence electrons. The second-order valence-corrected chi connectivity index (χ2v) is 9.09. The Bertz CT molecular complexity index is 989. The third kappa shape index (κ3) is 6.81. The summed E-state index contributed by atoms with van der Waals surface area (Å²) >= 11 is 0. The maximum absolute atomic E-state index is 10.3. The molecule has 8 nitrogen and oxygen atoms in total. The van der Waals surface area contributed by atoms with Crippen LogP contribution in [0, 0.1) is 0 Å². The number of ether oxygens (including phenoxy) is 3. The van der Waals surface area contributed by atoms with Crippen LogP contribution in [0.25, 0.3) is 5.57 Å². The third-order valence-electron chi connectivity index (χ3n) is 6.47. The highest BCUT2D eigenvalue weighted by Gasteiger charge is 2.20. The average molecular weight is 483 g/mol. The van der Waals surface area contributed by atoms with Crippen molar-refractivity contribution in [1.29, 1.82) is 0 Å². The Balaban J connectivity index is 1.29. The van der Waals surface area contributed by atoms with Crippen LogP contribution in [0.5, 0.6) is 17.2 Å². The number of hydrogen-bond acceptors (Lipinski definition) is 8. The van der Waals surface area contributed by atoms with Crippen LogP contribution in [0.2, 0.25) is 0 Å². The highest BCUT2D eigenvalue weighted by molar-refractivity contribution is 5.83. The molecular formula is C27H38N4O4. The minimum absolute atomic E-state index is 0.176. The van der Waals surface area contributed by atoms with Gasteiger partial charge < -0.3 is 34.9 Å². The van der Waals surface area contributed by atoms with Crippen molar-refractivity contribution >= 4 is 16.9 Å². The van der Waals surface area contributed by atoms with Gasteiger partial charge in [-0.15, -0.1) is 0 Å². The van der Waals surface area contributed by atoms with Crippen molar-refractivity contribution in [3.05, 3.63) is 48.0 Å². The molecular weight excluding hydrogens is 444 g/mol. The molecule has 2 atom stereocenters. The van der Waals surface area contributed by atoms with Gasteiger partial charge in [0.15, 0.2) is 17.9 Å². The van der Waals surface area contributed by atoms with E-state index in [4.69, 9.17) is 14.2 Å². The molecule has 2 heterocycles. The second-order valence-electron chi connectivity index (χ2n) is 9.09. The monoisotopic (exact) mass is 482 g/mol. The number of piperidine rings is 1. The Morgan fingerprint density at radius 1 is 1.06 bits per heavy atom. The number of benzene rings is 2. The zero-order chi connectivity index (χ0) is 24.6. The van der Waals surface area contributed by atoms with Crippen LogP contribution in [0.3, 0.4) is 0 Å². The molecule has 0 saturated carbocycles. The van der Waals surface area contributed by atoms with Crippen molar-refractivity contribution in [2.24, 2.45) is 0 Å². The van der Waals surface area contributed by atoms with E-state index in [-0.39, 0.29) is 6.04 Å². The first-order chi connectivity index (χ1) is 17.1. The van der Waals surface area contributed by atoms with E-state index in [1.165, 1.54) is 19.3 Å². The molecule has 2 aliphatic heterocycles. The lowest BCUT2D eigenvalue weighted by atomic mass is 9.97. The summed E-state index contributed by atoms with van der Waals surface area (Å²) in [7, 11) is 3.28. The lowest BCUT2D eigenvalue weighted by Crippen LogP contribution is -2.42. The minimum Gasteiger partial charge on any atom is -0.493 e. The predicted molar refractivity (Wildman–Crippen MR) is 140 cm³/mol. The molecule has 0 spiro atoms. The maximum atomic E-state index is 10.3. The van der Waals surface area contributed by atoms with Crippen molar-refractivity contribution < 1.29 is 19.3 Å². The number of hydrogen-bond donors (Lipinski definition) is 4. The van der Waals surface area contributed by atoms with Crippen molar-refractivity contribution in [1.82, 2.24) is 10.2 Å². The Morgan fingerprint density at radius 2 is 1.77 bits per heavy atom. The van der Waals surface area contributed by atoms with Crippen molar-refractivity contribution in [3.8, 4) is 17.2 Å². The quantitative estimate of drug-likeness (QED) is 0.361. The van der Waals surface area contributed by atoms with E-state index >= 15 is 0 Å². The molecule has 4 N–H and O–H groups in total. The van der Waals surface area contributed by atoms with Crippen LogP contribution < -0.4 is 30.2 Å². The Morgan fingerprint density at radius 3 is 2.49 bits per heavy atom. The fraction of sp³-hybridized carbons (Fsp3) is 0.481. The number of fused-ring (bicyclic) bond motifs is 1. The van der Waals surface area contributed by atoms with Gasteiger partial charge in [-0.1, -0.05) is 12.5 Å². The van der Waals surface area contributed by atoms with Gasteiger partial charge in [0.25, 0.3) is 0 Å².